The Hall–Kier alpha value is -4.39. The number of carbonyl (C=O) groups is 4. The Bertz CT molecular complexity index is 1520. The number of aromatic nitrogens is 2. The maximum Gasteiger partial charge on any atom is 0.355 e. The lowest BCUT2D eigenvalue weighted by Crippen LogP contribution is -2.51. The SMILES string of the molecule is COC(=O)C1=C(C(=O)c2ccc(OC)c(OC)c2)C(c2cnc3sc(C(=O)OC)cn23)NC(=O)N1CC1CC1. The van der Waals surface area contributed by atoms with Gasteiger partial charge in [0.25, 0.3) is 0 Å². The van der Waals surface area contributed by atoms with Crippen molar-refractivity contribution in [1.29, 1.82) is 0 Å². The van der Waals surface area contributed by atoms with E-state index in [2.05, 4.69) is 10.3 Å². The van der Waals surface area contributed by atoms with Crippen molar-refractivity contribution in [3.8, 4) is 11.5 Å². The van der Waals surface area contributed by atoms with Crippen molar-refractivity contribution in [2.45, 2.75) is 18.9 Å². The van der Waals surface area contributed by atoms with Crippen LogP contribution in [-0.4, -0.2) is 73.0 Å². The number of rotatable bonds is 9. The second-order valence-electron chi connectivity index (χ2n) is 9.01. The van der Waals surface area contributed by atoms with Crippen molar-refractivity contribution in [2.24, 2.45) is 5.92 Å². The number of esters is 2. The molecule has 0 saturated heterocycles. The van der Waals surface area contributed by atoms with Gasteiger partial charge in [-0.2, -0.15) is 0 Å². The Labute approximate surface area is 227 Å². The van der Waals surface area contributed by atoms with E-state index in [-0.39, 0.29) is 34.2 Å². The molecule has 0 radical (unpaired) electrons. The smallest absolute Gasteiger partial charge is 0.355 e. The molecular weight excluding hydrogens is 528 g/mol. The highest BCUT2D eigenvalue weighted by atomic mass is 32.1. The number of benzene rings is 1. The van der Waals surface area contributed by atoms with Crippen LogP contribution in [0.25, 0.3) is 4.96 Å². The molecule has 1 N–H and O–H groups in total. The van der Waals surface area contributed by atoms with Crippen LogP contribution in [0.2, 0.25) is 0 Å². The van der Waals surface area contributed by atoms with Crippen LogP contribution >= 0.6 is 11.3 Å². The summed E-state index contributed by atoms with van der Waals surface area (Å²) in [6, 6.07) is 3.01. The molecule has 0 bridgehead atoms. The lowest BCUT2D eigenvalue weighted by molar-refractivity contribution is -0.137. The first-order valence-electron chi connectivity index (χ1n) is 12.0. The number of nitrogens with one attached hydrogen (secondary N) is 1. The van der Waals surface area contributed by atoms with Gasteiger partial charge in [-0.3, -0.25) is 14.1 Å². The molecule has 1 saturated carbocycles. The molecule has 3 heterocycles. The van der Waals surface area contributed by atoms with Crippen LogP contribution in [0.4, 0.5) is 4.79 Å². The number of imidazole rings is 1. The Balaban J connectivity index is 1.71. The Morgan fingerprint density at radius 2 is 1.77 bits per heavy atom. The van der Waals surface area contributed by atoms with E-state index in [0.29, 0.717) is 22.2 Å². The normalized spacial score (nSPS) is 17.2. The fourth-order valence-corrected chi connectivity index (χ4v) is 5.40. The number of ether oxygens (including phenoxy) is 4. The molecule has 2 amide bonds. The highest BCUT2D eigenvalue weighted by Gasteiger charge is 2.44. The first kappa shape index (κ1) is 26.2. The van der Waals surface area contributed by atoms with Crippen LogP contribution in [0, 0.1) is 5.92 Å². The number of fused-ring (bicyclic) bond motifs is 1. The Morgan fingerprint density at radius 1 is 1.05 bits per heavy atom. The van der Waals surface area contributed by atoms with E-state index in [1.165, 1.54) is 51.8 Å². The molecule has 2 aliphatic rings. The molecule has 1 aliphatic heterocycles. The van der Waals surface area contributed by atoms with Gasteiger partial charge in [0, 0.05) is 18.3 Å². The topological polar surface area (TPSA) is 138 Å². The molecule has 1 aromatic carbocycles. The Kier molecular flexibility index (Phi) is 7.00. The van der Waals surface area contributed by atoms with Crippen LogP contribution in [0.15, 0.2) is 41.9 Å². The molecule has 0 spiro atoms. The molecule has 3 aromatic rings. The maximum absolute atomic E-state index is 14.2. The molecular formula is C26H26N4O8S. The Morgan fingerprint density at radius 3 is 2.41 bits per heavy atom. The molecule has 1 aliphatic carbocycles. The number of ketones is 1. The minimum Gasteiger partial charge on any atom is -0.493 e. The van der Waals surface area contributed by atoms with Gasteiger partial charge in [0.1, 0.15) is 16.6 Å². The van der Waals surface area contributed by atoms with E-state index >= 15 is 0 Å². The van der Waals surface area contributed by atoms with Gasteiger partial charge in [0.2, 0.25) is 0 Å². The molecule has 2 aromatic heterocycles. The minimum atomic E-state index is -1.09. The zero-order chi connectivity index (χ0) is 27.8. The molecule has 13 heteroatoms. The number of Topliss-reactive ketones (excluding diaryl/α,β-unsaturated/α-hetero) is 1. The average Bonchev–Trinajstić information content (AvgIpc) is 3.54. The third-order valence-electron chi connectivity index (χ3n) is 6.65. The highest BCUT2D eigenvalue weighted by molar-refractivity contribution is 7.18. The number of urea groups is 1. The summed E-state index contributed by atoms with van der Waals surface area (Å²) in [5, 5.41) is 2.88. The first-order valence-corrected chi connectivity index (χ1v) is 12.8. The van der Waals surface area contributed by atoms with E-state index in [1.54, 1.807) is 16.5 Å². The molecule has 12 nitrogen and oxygen atoms in total. The third-order valence-corrected chi connectivity index (χ3v) is 7.63. The summed E-state index contributed by atoms with van der Waals surface area (Å²) in [4.78, 5) is 59.4. The maximum atomic E-state index is 14.2. The van der Waals surface area contributed by atoms with Crippen molar-refractivity contribution in [3.05, 3.63) is 58.0 Å². The summed E-state index contributed by atoms with van der Waals surface area (Å²) in [6.07, 6.45) is 4.84. The van der Waals surface area contributed by atoms with Crippen molar-refractivity contribution >= 4 is 40.1 Å². The zero-order valence-electron chi connectivity index (χ0n) is 21.7. The van der Waals surface area contributed by atoms with E-state index in [9.17, 15) is 19.2 Å². The first-order chi connectivity index (χ1) is 18.8. The predicted octanol–water partition coefficient (Wildman–Crippen LogP) is 2.99. The number of thiazole rings is 1. The van der Waals surface area contributed by atoms with Gasteiger partial charge in [-0.1, -0.05) is 11.3 Å². The number of amides is 2. The van der Waals surface area contributed by atoms with Gasteiger partial charge in [-0.15, -0.1) is 0 Å². The lowest BCUT2D eigenvalue weighted by Gasteiger charge is -2.35. The standard InChI is InChI=1S/C26H26N4O8S/c1-35-16-8-7-14(9-17(16)36-2)22(31)19-20(15-10-27-26-29(15)12-18(39-26)23(32)37-3)28-25(34)30(11-13-5-6-13)21(19)24(33)38-4/h7-10,12-13,20H,5-6,11H2,1-4H3,(H,28,34). The second-order valence-corrected chi connectivity index (χ2v) is 10.0. The van der Waals surface area contributed by atoms with Gasteiger partial charge in [0.05, 0.1) is 45.9 Å². The van der Waals surface area contributed by atoms with E-state index in [0.717, 1.165) is 24.2 Å². The van der Waals surface area contributed by atoms with Gasteiger partial charge in [-0.25, -0.2) is 19.4 Å². The fourth-order valence-electron chi connectivity index (χ4n) is 4.51. The quantitative estimate of drug-likeness (QED) is 0.312. The molecule has 39 heavy (non-hydrogen) atoms. The van der Waals surface area contributed by atoms with Gasteiger partial charge in [0.15, 0.2) is 22.2 Å². The van der Waals surface area contributed by atoms with Gasteiger partial charge in [-0.05, 0) is 37.0 Å². The molecule has 1 atom stereocenters. The number of carbonyl (C=O) groups excluding carboxylic acids is 4. The van der Waals surface area contributed by atoms with Crippen LogP contribution < -0.4 is 14.8 Å². The molecule has 1 unspecified atom stereocenters. The summed E-state index contributed by atoms with van der Waals surface area (Å²) in [6.45, 7) is 0.262. The van der Waals surface area contributed by atoms with Gasteiger partial charge < -0.3 is 24.3 Å². The number of hydrogen-bond donors (Lipinski definition) is 1. The molecule has 1 fully saturated rings. The van der Waals surface area contributed by atoms with Crippen molar-refractivity contribution in [2.75, 3.05) is 35.0 Å². The molecule has 204 valence electrons. The van der Waals surface area contributed by atoms with Gasteiger partial charge >= 0.3 is 18.0 Å². The number of hydrogen-bond acceptors (Lipinski definition) is 10. The lowest BCUT2D eigenvalue weighted by atomic mass is 9.91. The minimum absolute atomic E-state index is 0.00179. The van der Waals surface area contributed by atoms with Crippen LogP contribution in [-0.2, 0) is 14.3 Å². The molecule has 5 rings (SSSR count). The summed E-state index contributed by atoms with van der Waals surface area (Å²) < 4.78 is 22.2. The van der Waals surface area contributed by atoms with E-state index < -0.39 is 29.8 Å². The second kappa shape index (κ2) is 10.4. The largest absolute Gasteiger partial charge is 0.493 e. The van der Waals surface area contributed by atoms with Crippen LogP contribution in [0.5, 0.6) is 11.5 Å². The van der Waals surface area contributed by atoms with Crippen molar-refractivity contribution < 1.29 is 38.1 Å². The summed E-state index contributed by atoms with van der Waals surface area (Å²) in [5.41, 5.74) is 0.442. The zero-order valence-corrected chi connectivity index (χ0v) is 22.5. The van der Waals surface area contributed by atoms with Crippen LogP contribution in [0.1, 0.15) is 44.6 Å². The number of nitrogens with zero attached hydrogens (tertiary/aromatic N) is 3. The highest BCUT2D eigenvalue weighted by Crippen LogP contribution is 2.39. The average molecular weight is 555 g/mol. The van der Waals surface area contributed by atoms with Crippen LogP contribution in [0.3, 0.4) is 0 Å². The monoisotopic (exact) mass is 554 g/mol. The van der Waals surface area contributed by atoms with Crippen molar-refractivity contribution in [1.82, 2.24) is 19.6 Å². The van der Waals surface area contributed by atoms with E-state index in [4.69, 9.17) is 18.9 Å². The summed E-state index contributed by atoms with van der Waals surface area (Å²) in [7, 11) is 5.40. The fraction of sp³-hybridized carbons (Fsp3) is 0.346. The third kappa shape index (κ3) is 4.69. The summed E-state index contributed by atoms with van der Waals surface area (Å²) in [5.74, 6) is -0.938. The number of methoxy groups -OCH3 is 4. The predicted molar refractivity (Wildman–Crippen MR) is 138 cm³/mol. The summed E-state index contributed by atoms with van der Waals surface area (Å²) >= 11 is 1.09. The van der Waals surface area contributed by atoms with E-state index in [1.807, 2.05) is 0 Å². The van der Waals surface area contributed by atoms with Crippen molar-refractivity contribution in [3.63, 3.8) is 0 Å².